The van der Waals surface area contributed by atoms with Gasteiger partial charge in [-0.15, -0.1) is 0 Å². The molecule has 8 nitrogen and oxygen atoms in total. The Bertz CT molecular complexity index is 1350. The zero-order chi connectivity index (χ0) is 29.1. The van der Waals surface area contributed by atoms with E-state index in [9.17, 15) is 22.4 Å². The first kappa shape index (κ1) is 30.6. The fraction of sp³-hybridized carbons (Fsp3) is 0.333. The van der Waals surface area contributed by atoms with Gasteiger partial charge in [-0.25, -0.2) is 12.8 Å². The molecular weight excluding hydrogens is 533 g/mol. The molecule has 3 aromatic carbocycles. The number of benzene rings is 3. The number of nitrogens with zero attached hydrogens (tertiary/aromatic N) is 2. The molecule has 0 unspecified atom stereocenters. The lowest BCUT2D eigenvalue weighted by Crippen LogP contribution is -2.53. The van der Waals surface area contributed by atoms with Crippen LogP contribution in [0.3, 0.4) is 0 Å². The van der Waals surface area contributed by atoms with Gasteiger partial charge < -0.3 is 15.0 Å². The summed E-state index contributed by atoms with van der Waals surface area (Å²) in [5, 5.41) is 2.77. The highest BCUT2D eigenvalue weighted by Crippen LogP contribution is 2.26. The summed E-state index contributed by atoms with van der Waals surface area (Å²) in [6.45, 7) is 5.86. The molecule has 0 aromatic heterocycles. The number of sulfonamides is 1. The second-order valence-corrected chi connectivity index (χ2v) is 10.9. The Morgan fingerprint density at radius 2 is 1.57 bits per heavy atom. The number of carbonyl (C=O) groups is 2. The molecule has 3 rings (SSSR count). The SMILES string of the molecule is CCNC(=O)[C@H](CC)N(CCc1ccccc1)C(=O)CN(c1ccc(F)cc1)S(=O)(=O)c1ccc(OCC)cc1. The van der Waals surface area contributed by atoms with Gasteiger partial charge in [0.05, 0.1) is 17.2 Å². The molecule has 0 radical (unpaired) electrons. The Balaban J connectivity index is 1.99. The van der Waals surface area contributed by atoms with Crippen molar-refractivity contribution < 1.29 is 27.1 Å². The van der Waals surface area contributed by atoms with E-state index in [1.165, 1.54) is 41.3 Å². The monoisotopic (exact) mass is 569 g/mol. The van der Waals surface area contributed by atoms with Gasteiger partial charge in [-0.05, 0) is 80.8 Å². The third kappa shape index (κ3) is 7.81. The van der Waals surface area contributed by atoms with E-state index in [1.54, 1.807) is 13.8 Å². The molecule has 214 valence electrons. The Morgan fingerprint density at radius 1 is 0.925 bits per heavy atom. The number of hydrogen-bond acceptors (Lipinski definition) is 5. The van der Waals surface area contributed by atoms with Gasteiger partial charge in [0.1, 0.15) is 24.2 Å². The second kappa shape index (κ2) is 14.5. The van der Waals surface area contributed by atoms with Gasteiger partial charge in [0.15, 0.2) is 0 Å². The van der Waals surface area contributed by atoms with Crippen LogP contribution in [0, 0.1) is 5.82 Å². The minimum absolute atomic E-state index is 0.0559. The maximum atomic E-state index is 13.9. The Morgan fingerprint density at radius 3 is 2.15 bits per heavy atom. The molecule has 0 fully saturated rings. The zero-order valence-corrected chi connectivity index (χ0v) is 23.9. The van der Waals surface area contributed by atoms with E-state index < -0.39 is 34.3 Å². The van der Waals surface area contributed by atoms with Gasteiger partial charge >= 0.3 is 0 Å². The van der Waals surface area contributed by atoms with Crippen LogP contribution in [0.5, 0.6) is 5.75 Å². The van der Waals surface area contributed by atoms with Crippen LogP contribution in [0.2, 0.25) is 0 Å². The van der Waals surface area contributed by atoms with Crippen molar-refractivity contribution in [3.63, 3.8) is 0 Å². The summed E-state index contributed by atoms with van der Waals surface area (Å²) < 4.78 is 47.8. The highest BCUT2D eigenvalue weighted by atomic mass is 32.2. The van der Waals surface area contributed by atoms with E-state index in [4.69, 9.17) is 4.74 Å². The van der Waals surface area contributed by atoms with Gasteiger partial charge in [-0.1, -0.05) is 37.3 Å². The number of ether oxygens (including phenoxy) is 1. The Labute approximate surface area is 235 Å². The smallest absolute Gasteiger partial charge is 0.264 e. The molecule has 0 saturated carbocycles. The van der Waals surface area contributed by atoms with Crippen molar-refractivity contribution in [1.29, 1.82) is 0 Å². The van der Waals surface area contributed by atoms with Crippen molar-refractivity contribution in [2.24, 2.45) is 0 Å². The molecule has 0 heterocycles. The van der Waals surface area contributed by atoms with Crippen LogP contribution in [0.15, 0.2) is 83.8 Å². The summed E-state index contributed by atoms with van der Waals surface area (Å²) in [5.74, 6) is -0.895. The molecule has 0 spiro atoms. The highest BCUT2D eigenvalue weighted by Gasteiger charge is 2.33. The number of rotatable bonds is 14. The molecular formula is C30H36FN3O5S. The molecule has 0 aliphatic carbocycles. The number of likely N-dealkylation sites (N-methyl/N-ethyl adjacent to an activating group) is 1. The number of hydrogen-bond donors (Lipinski definition) is 1. The number of anilines is 1. The number of nitrogens with one attached hydrogen (secondary N) is 1. The first-order valence-electron chi connectivity index (χ1n) is 13.3. The van der Waals surface area contributed by atoms with Crippen molar-refractivity contribution in [2.45, 2.75) is 44.6 Å². The predicted molar refractivity (Wildman–Crippen MR) is 153 cm³/mol. The van der Waals surface area contributed by atoms with Gasteiger partial charge in [-0.3, -0.25) is 13.9 Å². The lowest BCUT2D eigenvalue weighted by atomic mass is 10.1. The Kier molecular flexibility index (Phi) is 11.1. The third-order valence-corrected chi connectivity index (χ3v) is 8.13. The quantitative estimate of drug-likeness (QED) is 0.310. The van der Waals surface area contributed by atoms with E-state index in [-0.39, 0.29) is 23.0 Å². The summed E-state index contributed by atoms with van der Waals surface area (Å²) in [6.07, 6.45) is 0.819. The van der Waals surface area contributed by atoms with E-state index in [0.29, 0.717) is 31.7 Å². The third-order valence-electron chi connectivity index (χ3n) is 6.34. The summed E-state index contributed by atoms with van der Waals surface area (Å²) in [5.41, 5.74) is 1.10. The molecule has 10 heteroatoms. The summed E-state index contributed by atoms with van der Waals surface area (Å²) in [6, 6.07) is 19.5. The van der Waals surface area contributed by atoms with Crippen molar-refractivity contribution >= 4 is 27.5 Å². The normalized spacial score (nSPS) is 11.9. The standard InChI is InChI=1S/C30H36FN3O5S/c1-4-28(30(36)32-5-2)33(21-20-23-10-8-7-9-11-23)29(35)22-34(25-14-12-24(31)13-15-25)40(37,38)27-18-16-26(17-19-27)39-6-3/h7-19,28H,4-6,20-22H2,1-3H3,(H,32,36)/t28-/m0/s1. The average molecular weight is 570 g/mol. The fourth-order valence-corrected chi connectivity index (χ4v) is 5.74. The summed E-state index contributed by atoms with van der Waals surface area (Å²) >= 11 is 0. The van der Waals surface area contributed by atoms with Crippen molar-refractivity contribution in [3.8, 4) is 5.75 Å². The molecule has 1 atom stereocenters. The lowest BCUT2D eigenvalue weighted by molar-refractivity contribution is -0.139. The van der Waals surface area contributed by atoms with Crippen molar-refractivity contribution in [2.75, 3.05) is 30.5 Å². The van der Waals surface area contributed by atoms with Gasteiger partial charge in [-0.2, -0.15) is 0 Å². The largest absolute Gasteiger partial charge is 0.494 e. The maximum absolute atomic E-state index is 13.9. The highest BCUT2D eigenvalue weighted by molar-refractivity contribution is 7.92. The Hall–Kier alpha value is -3.92. The fourth-order valence-electron chi connectivity index (χ4n) is 4.33. The summed E-state index contributed by atoms with van der Waals surface area (Å²) in [7, 11) is -4.25. The molecule has 0 bridgehead atoms. The van der Waals surface area contributed by atoms with E-state index in [2.05, 4.69) is 5.32 Å². The zero-order valence-electron chi connectivity index (χ0n) is 23.0. The van der Waals surface area contributed by atoms with Crippen LogP contribution in [0.25, 0.3) is 0 Å². The van der Waals surface area contributed by atoms with Crippen LogP contribution < -0.4 is 14.4 Å². The van der Waals surface area contributed by atoms with E-state index in [1.807, 2.05) is 37.3 Å². The molecule has 0 saturated heterocycles. The van der Waals surface area contributed by atoms with Crippen LogP contribution in [-0.4, -0.2) is 57.4 Å². The first-order chi connectivity index (χ1) is 19.2. The van der Waals surface area contributed by atoms with Crippen LogP contribution in [0.1, 0.15) is 32.8 Å². The number of carbonyl (C=O) groups excluding carboxylic acids is 2. The molecule has 3 aromatic rings. The second-order valence-electron chi connectivity index (χ2n) is 9.03. The number of halogens is 1. The molecule has 0 aliphatic heterocycles. The van der Waals surface area contributed by atoms with E-state index >= 15 is 0 Å². The van der Waals surface area contributed by atoms with Crippen molar-refractivity contribution in [3.05, 3.63) is 90.2 Å². The van der Waals surface area contributed by atoms with Crippen LogP contribution >= 0.6 is 0 Å². The maximum Gasteiger partial charge on any atom is 0.264 e. The summed E-state index contributed by atoms with van der Waals surface area (Å²) in [4.78, 5) is 28.2. The topological polar surface area (TPSA) is 96.0 Å². The van der Waals surface area contributed by atoms with Gasteiger partial charge in [0, 0.05) is 13.1 Å². The van der Waals surface area contributed by atoms with Gasteiger partial charge in [0.25, 0.3) is 10.0 Å². The van der Waals surface area contributed by atoms with Crippen LogP contribution in [-0.2, 0) is 26.0 Å². The molecule has 0 aliphatic rings. The van der Waals surface area contributed by atoms with Gasteiger partial charge in [0.2, 0.25) is 11.8 Å². The molecule has 40 heavy (non-hydrogen) atoms. The average Bonchev–Trinajstić information content (AvgIpc) is 2.95. The van der Waals surface area contributed by atoms with Crippen LogP contribution in [0.4, 0.5) is 10.1 Å². The molecule has 1 N–H and O–H groups in total. The minimum atomic E-state index is -4.25. The minimum Gasteiger partial charge on any atom is -0.494 e. The molecule has 2 amide bonds. The van der Waals surface area contributed by atoms with E-state index in [0.717, 1.165) is 22.0 Å². The number of amides is 2. The predicted octanol–water partition coefficient (Wildman–Crippen LogP) is 4.41. The first-order valence-corrected chi connectivity index (χ1v) is 14.8. The van der Waals surface area contributed by atoms with Crippen molar-refractivity contribution in [1.82, 2.24) is 10.2 Å². The lowest BCUT2D eigenvalue weighted by Gasteiger charge is -2.33.